The van der Waals surface area contributed by atoms with E-state index in [0.29, 0.717) is 40.9 Å². The molecule has 35 heavy (non-hydrogen) atoms. The SMILES string of the molecule is Nc1ccc(-c2cccc(C(=O)Nc3cc(-c4ccccc4)c4nc(NCCO)oc4c3)n2)cn1. The highest BCUT2D eigenvalue weighted by Gasteiger charge is 2.16. The number of aliphatic hydroxyl groups excluding tert-OH is 1. The average Bonchev–Trinajstić information content (AvgIpc) is 3.31. The quantitative estimate of drug-likeness (QED) is 0.280. The highest BCUT2D eigenvalue weighted by molar-refractivity contribution is 6.05. The number of hydrogen-bond donors (Lipinski definition) is 4. The van der Waals surface area contributed by atoms with Crippen LogP contribution in [0.15, 0.2) is 83.4 Å². The maximum absolute atomic E-state index is 13.1. The van der Waals surface area contributed by atoms with E-state index in [4.69, 9.17) is 15.3 Å². The van der Waals surface area contributed by atoms with Crippen molar-refractivity contribution in [1.29, 1.82) is 0 Å². The largest absolute Gasteiger partial charge is 0.423 e. The Labute approximate surface area is 200 Å². The van der Waals surface area contributed by atoms with E-state index in [1.807, 2.05) is 36.4 Å². The summed E-state index contributed by atoms with van der Waals surface area (Å²) in [4.78, 5) is 26.2. The first-order valence-electron chi connectivity index (χ1n) is 11.0. The molecule has 0 aliphatic heterocycles. The second-order valence-corrected chi connectivity index (χ2v) is 7.74. The van der Waals surface area contributed by atoms with Crippen molar-refractivity contribution in [2.45, 2.75) is 0 Å². The van der Waals surface area contributed by atoms with E-state index < -0.39 is 0 Å². The lowest BCUT2D eigenvalue weighted by atomic mass is 10.0. The Hall–Kier alpha value is -4.76. The third kappa shape index (κ3) is 4.80. The van der Waals surface area contributed by atoms with E-state index in [1.165, 1.54) is 0 Å². The molecule has 0 atom stereocenters. The van der Waals surface area contributed by atoms with Gasteiger partial charge >= 0.3 is 0 Å². The number of benzene rings is 2. The molecule has 0 radical (unpaired) electrons. The number of nitrogens with two attached hydrogens (primary N) is 1. The standard InChI is InChI=1S/C26H22N6O3/c27-23-10-9-17(15-29-23)20-7-4-8-21(31-20)25(34)30-18-13-19(16-5-2-1-3-6-16)24-22(14-18)35-26(32-24)28-11-12-33/h1-10,13-15,33H,11-12H2,(H2,27,29)(H,28,32)(H,30,34). The molecule has 5 N–H and O–H groups in total. The van der Waals surface area contributed by atoms with Crippen molar-refractivity contribution in [3.05, 3.63) is 84.7 Å². The number of pyridine rings is 2. The second kappa shape index (κ2) is 9.62. The Bertz CT molecular complexity index is 1480. The zero-order chi connectivity index (χ0) is 24.2. The Kier molecular flexibility index (Phi) is 6.06. The minimum absolute atomic E-state index is 0.0515. The molecule has 0 spiro atoms. The molecule has 0 bridgehead atoms. The van der Waals surface area contributed by atoms with E-state index in [-0.39, 0.29) is 18.2 Å². The highest BCUT2D eigenvalue weighted by Crippen LogP contribution is 2.33. The lowest BCUT2D eigenvalue weighted by molar-refractivity contribution is 0.102. The van der Waals surface area contributed by atoms with Crippen LogP contribution >= 0.6 is 0 Å². The van der Waals surface area contributed by atoms with Crippen LogP contribution in [0.5, 0.6) is 0 Å². The minimum Gasteiger partial charge on any atom is -0.423 e. The van der Waals surface area contributed by atoms with Crippen molar-refractivity contribution in [3.8, 4) is 22.4 Å². The van der Waals surface area contributed by atoms with Gasteiger partial charge in [0.1, 0.15) is 17.0 Å². The third-order valence-corrected chi connectivity index (χ3v) is 5.29. The summed E-state index contributed by atoms with van der Waals surface area (Å²) in [6.07, 6.45) is 1.62. The number of rotatable bonds is 7. The van der Waals surface area contributed by atoms with E-state index in [2.05, 4.69) is 25.6 Å². The number of nitrogens with zero attached hydrogens (tertiary/aromatic N) is 3. The van der Waals surface area contributed by atoms with Crippen LogP contribution in [0.2, 0.25) is 0 Å². The molecule has 0 unspecified atom stereocenters. The van der Waals surface area contributed by atoms with Gasteiger partial charge in [0, 0.05) is 35.6 Å². The summed E-state index contributed by atoms with van der Waals surface area (Å²) in [6, 6.07) is 22.3. The topological polar surface area (TPSA) is 139 Å². The molecular formula is C26H22N6O3. The van der Waals surface area contributed by atoms with Crippen molar-refractivity contribution in [2.75, 3.05) is 29.5 Å². The van der Waals surface area contributed by atoms with E-state index in [0.717, 1.165) is 16.7 Å². The number of carbonyl (C=O) groups is 1. The van der Waals surface area contributed by atoms with Gasteiger partial charge in [-0.15, -0.1) is 0 Å². The molecule has 3 aromatic heterocycles. The second-order valence-electron chi connectivity index (χ2n) is 7.74. The fourth-order valence-corrected chi connectivity index (χ4v) is 3.65. The summed E-state index contributed by atoms with van der Waals surface area (Å²) >= 11 is 0. The van der Waals surface area contributed by atoms with Crippen LogP contribution in [0.1, 0.15) is 10.5 Å². The summed E-state index contributed by atoms with van der Waals surface area (Å²) < 4.78 is 5.83. The first kappa shape index (κ1) is 22.1. The third-order valence-electron chi connectivity index (χ3n) is 5.29. The number of nitrogen functional groups attached to an aromatic ring is 1. The lowest BCUT2D eigenvalue weighted by Crippen LogP contribution is -2.14. The monoisotopic (exact) mass is 466 g/mol. The normalized spacial score (nSPS) is 10.9. The van der Waals surface area contributed by atoms with Gasteiger partial charge in [0.05, 0.1) is 12.3 Å². The zero-order valence-electron chi connectivity index (χ0n) is 18.6. The maximum atomic E-state index is 13.1. The number of aliphatic hydroxyl groups is 1. The number of amides is 1. The summed E-state index contributed by atoms with van der Waals surface area (Å²) in [5, 5.41) is 14.9. The van der Waals surface area contributed by atoms with Crippen LogP contribution in [0, 0.1) is 0 Å². The summed E-state index contributed by atoms with van der Waals surface area (Å²) in [5.41, 5.74) is 10.7. The van der Waals surface area contributed by atoms with E-state index in [1.54, 1.807) is 42.6 Å². The summed E-state index contributed by atoms with van der Waals surface area (Å²) in [5.74, 6) is 0.0427. The molecule has 174 valence electrons. The number of aromatic nitrogens is 3. The Balaban J connectivity index is 1.48. The van der Waals surface area contributed by atoms with Gasteiger partial charge < -0.3 is 25.9 Å². The van der Waals surface area contributed by atoms with Crippen LogP contribution in [-0.4, -0.2) is 39.1 Å². The fraction of sp³-hybridized carbons (Fsp3) is 0.0769. The summed E-state index contributed by atoms with van der Waals surface area (Å²) in [6.45, 7) is 0.257. The highest BCUT2D eigenvalue weighted by atomic mass is 16.4. The molecule has 9 heteroatoms. The Morgan fingerprint density at radius 1 is 0.971 bits per heavy atom. The average molecular weight is 467 g/mol. The molecule has 2 aromatic carbocycles. The lowest BCUT2D eigenvalue weighted by Gasteiger charge is -2.09. The van der Waals surface area contributed by atoms with Crippen molar-refractivity contribution in [3.63, 3.8) is 0 Å². The first-order chi connectivity index (χ1) is 17.1. The van der Waals surface area contributed by atoms with Crippen LogP contribution in [0.3, 0.4) is 0 Å². The molecule has 5 rings (SSSR count). The van der Waals surface area contributed by atoms with Gasteiger partial charge in [-0.3, -0.25) is 4.79 Å². The van der Waals surface area contributed by atoms with Crippen LogP contribution in [0.25, 0.3) is 33.5 Å². The van der Waals surface area contributed by atoms with Crippen LogP contribution < -0.4 is 16.4 Å². The van der Waals surface area contributed by atoms with E-state index >= 15 is 0 Å². The van der Waals surface area contributed by atoms with Gasteiger partial charge in [0.15, 0.2) is 5.58 Å². The first-order valence-corrected chi connectivity index (χ1v) is 11.0. The minimum atomic E-state index is -0.369. The predicted molar refractivity (Wildman–Crippen MR) is 135 cm³/mol. The number of fused-ring (bicyclic) bond motifs is 1. The van der Waals surface area contributed by atoms with Crippen molar-refractivity contribution < 1.29 is 14.3 Å². The molecule has 1 amide bonds. The predicted octanol–water partition coefficient (Wildman–Crippen LogP) is 4.19. The van der Waals surface area contributed by atoms with Crippen molar-refractivity contribution in [1.82, 2.24) is 15.0 Å². The molecule has 5 aromatic rings. The van der Waals surface area contributed by atoms with Gasteiger partial charge in [0.2, 0.25) is 0 Å². The van der Waals surface area contributed by atoms with E-state index in [9.17, 15) is 4.79 Å². The summed E-state index contributed by atoms with van der Waals surface area (Å²) in [7, 11) is 0. The molecule has 9 nitrogen and oxygen atoms in total. The van der Waals surface area contributed by atoms with Crippen molar-refractivity contribution >= 4 is 34.5 Å². The number of carbonyl (C=O) groups excluding carboxylic acids is 1. The molecular weight excluding hydrogens is 444 g/mol. The van der Waals surface area contributed by atoms with Gasteiger partial charge in [-0.1, -0.05) is 36.4 Å². The van der Waals surface area contributed by atoms with Gasteiger partial charge in [-0.05, 0) is 35.9 Å². The fourth-order valence-electron chi connectivity index (χ4n) is 3.65. The number of oxazole rings is 1. The molecule has 0 saturated carbocycles. The zero-order valence-corrected chi connectivity index (χ0v) is 18.6. The Morgan fingerprint density at radius 2 is 1.83 bits per heavy atom. The van der Waals surface area contributed by atoms with Crippen LogP contribution in [0.4, 0.5) is 17.5 Å². The van der Waals surface area contributed by atoms with Crippen molar-refractivity contribution in [2.24, 2.45) is 0 Å². The Morgan fingerprint density at radius 3 is 2.60 bits per heavy atom. The van der Waals surface area contributed by atoms with Gasteiger partial charge in [0.25, 0.3) is 11.9 Å². The van der Waals surface area contributed by atoms with Gasteiger partial charge in [-0.25, -0.2) is 9.97 Å². The molecule has 0 aliphatic rings. The molecule has 3 heterocycles. The molecule has 0 fully saturated rings. The number of hydrogen-bond acceptors (Lipinski definition) is 8. The van der Waals surface area contributed by atoms with Crippen LogP contribution in [-0.2, 0) is 0 Å². The smallest absolute Gasteiger partial charge is 0.295 e. The molecule has 0 aliphatic carbocycles. The van der Waals surface area contributed by atoms with Gasteiger partial charge in [-0.2, -0.15) is 4.98 Å². The number of nitrogens with one attached hydrogen (secondary N) is 2. The molecule has 0 saturated heterocycles. The maximum Gasteiger partial charge on any atom is 0.295 e. The number of anilines is 3.